The Morgan fingerprint density at radius 1 is 1.56 bits per heavy atom. The Balaban J connectivity index is 2.39. The van der Waals surface area contributed by atoms with E-state index in [0.717, 1.165) is 30.8 Å². The number of rotatable bonds is 0. The Morgan fingerprint density at radius 3 is 3.44 bits per heavy atom. The van der Waals surface area contributed by atoms with Crippen LogP contribution in [0.4, 0.5) is 0 Å². The summed E-state index contributed by atoms with van der Waals surface area (Å²) in [6, 6.07) is 0. The van der Waals surface area contributed by atoms with Crippen LogP contribution in [0.3, 0.4) is 0 Å². The van der Waals surface area contributed by atoms with Crippen LogP contribution in [0.2, 0.25) is 0 Å². The van der Waals surface area contributed by atoms with E-state index in [1.807, 2.05) is 0 Å². The lowest BCUT2D eigenvalue weighted by atomic mass is 10.1. The van der Waals surface area contributed by atoms with E-state index < -0.39 is 0 Å². The minimum absolute atomic E-state index is 0.791. The summed E-state index contributed by atoms with van der Waals surface area (Å²) in [7, 11) is 0. The summed E-state index contributed by atoms with van der Waals surface area (Å²) in [6.45, 7) is 1.69. The highest BCUT2D eigenvalue weighted by atomic mass is 16.5. The van der Waals surface area contributed by atoms with Crippen LogP contribution in [0.1, 0.15) is 11.3 Å². The van der Waals surface area contributed by atoms with Crippen LogP contribution in [0.5, 0.6) is 0 Å². The molecule has 3 nitrogen and oxygen atoms in total. The largest absolute Gasteiger partial charge is 0.364 e. The van der Waals surface area contributed by atoms with Crippen molar-refractivity contribution in [3.8, 4) is 0 Å². The van der Waals surface area contributed by atoms with Crippen molar-refractivity contribution in [1.82, 2.24) is 10.5 Å². The van der Waals surface area contributed by atoms with Crippen molar-refractivity contribution < 1.29 is 4.52 Å². The van der Waals surface area contributed by atoms with Gasteiger partial charge in [0.05, 0.1) is 5.69 Å². The first-order valence-electron chi connectivity index (χ1n) is 3.02. The molecule has 1 aliphatic rings. The van der Waals surface area contributed by atoms with Crippen LogP contribution in [0.15, 0.2) is 10.8 Å². The van der Waals surface area contributed by atoms with Gasteiger partial charge in [0.1, 0.15) is 6.26 Å². The molecule has 3 heteroatoms. The van der Waals surface area contributed by atoms with Crippen LogP contribution >= 0.6 is 0 Å². The quantitative estimate of drug-likeness (QED) is 0.499. The smallest absolute Gasteiger partial charge is 0.128 e. The van der Waals surface area contributed by atoms with Crippen molar-refractivity contribution in [1.29, 1.82) is 0 Å². The normalized spacial score (nSPS) is 17.3. The molecular weight excluding hydrogens is 116 g/mol. The van der Waals surface area contributed by atoms with Crippen molar-refractivity contribution in [2.75, 3.05) is 6.54 Å². The highest BCUT2D eigenvalue weighted by Gasteiger charge is 2.11. The molecule has 0 aliphatic carbocycles. The van der Waals surface area contributed by atoms with E-state index in [9.17, 15) is 0 Å². The molecular formula is C6H7N2O. The van der Waals surface area contributed by atoms with Gasteiger partial charge in [-0.25, -0.2) is 5.32 Å². The highest BCUT2D eigenvalue weighted by molar-refractivity contribution is 5.16. The summed E-state index contributed by atoms with van der Waals surface area (Å²) in [6.07, 6.45) is 2.63. The van der Waals surface area contributed by atoms with Crippen LogP contribution in [-0.4, -0.2) is 11.7 Å². The lowest BCUT2D eigenvalue weighted by Gasteiger charge is -2.06. The molecule has 47 valence electrons. The van der Waals surface area contributed by atoms with Crippen LogP contribution in [0.25, 0.3) is 0 Å². The fourth-order valence-electron chi connectivity index (χ4n) is 0.999. The predicted octanol–water partition coefficient (Wildman–Crippen LogP) is 0.335. The third-order valence-electron chi connectivity index (χ3n) is 1.52. The molecule has 0 bridgehead atoms. The van der Waals surface area contributed by atoms with Crippen molar-refractivity contribution in [2.24, 2.45) is 0 Å². The standard InChI is InChI=1S/C6H7N2O/c1-2-7-3-5-4-9-8-6(1)5/h4H,1-3H2. The van der Waals surface area contributed by atoms with Crippen LogP contribution < -0.4 is 5.32 Å². The van der Waals surface area contributed by atoms with Crippen molar-refractivity contribution in [3.05, 3.63) is 17.5 Å². The summed E-state index contributed by atoms with van der Waals surface area (Å²) in [4.78, 5) is 0. The SMILES string of the molecule is c1onc2c1C[N]CC2. The molecule has 1 aromatic rings. The van der Waals surface area contributed by atoms with Crippen molar-refractivity contribution in [2.45, 2.75) is 13.0 Å². The van der Waals surface area contributed by atoms with E-state index in [2.05, 4.69) is 10.5 Å². The minimum Gasteiger partial charge on any atom is -0.364 e. The zero-order chi connectivity index (χ0) is 6.10. The molecule has 0 fully saturated rings. The Labute approximate surface area is 53.0 Å². The molecule has 0 spiro atoms. The minimum atomic E-state index is 0.791. The van der Waals surface area contributed by atoms with Crippen LogP contribution in [-0.2, 0) is 13.0 Å². The van der Waals surface area contributed by atoms with Gasteiger partial charge in [0.25, 0.3) is 0 Å². The third kappa shape index (κ3) is 0.733. The van der Waals surface area contributed by atoms with Gasteiger partial charge in [-0.3, -0.25) is 0 Å². The maximum absolute atomic E-state index is 4.76. The summed E-state index contributed by atoms with van der Waals surface area (Å²) in [5.74, 6) is 0. The van der Waals surface area contributed by atoms with E-state index in [4.69, 9.17) is 4.52 Å². The zero-order valence-corrected chi connectivity index (χ0v) is 5.00. The predicted molar refractivity (Wildman–Crippen MR) is 30.9 cm³/mol. The average Bonchev–Trinajstić information content (AvgIpc) is 2.33. The fraction of sp³-hybridized carbons (Fsp3) is 0.500. The van der Waals surface area contributed by atoms with Gasteiger partial charge in [0.15, 0.2) is 0 Å². The second-order valence-electron chi connectivity index (χ2n) is 2.14. The molecule has 0 saturated carbocycles. The summed E-state index contributed by atoms with van der Waals surface area (Å²) in [5, 5.41) is 8.01. The first kappa shape index (κ1) is 4.99. The number of hydrogen-bond acceptors (Lipinski definition) is 2. The molecule has 0 atom stereocenters. The van der Waals surface area contributed by atoms with Gasteiger partial charge in [-0.2, -0.15) is 0 Å². The molecule has 0 amide bonds. The number of hydrogen-bond donors (Lipinski definition) is 0. The molecule has 0 N–H and O–H groups in total. The summed E-state index contributed by atoms with van der Waals surface area (Å²) >= 11 is 0. The van der Waals surface area contributed by atoms with Gasteiger partial charge in [0.2, 0.25) is 0 Å². The number of fused-ring (bicyclic) bond motifs is 1. The molecule has 0 aromatic carbocycles. The second kappa shape index (κ2) is 1.84. The van der Waals surface area contributed by atoms with Gasteiger partial charge in [-0.1, -0.05) is 5.16 Å². The first-order valence-corrected chi connectivity index (χ1v) is 3.02. The van der Waals surface area contributed by atoms with Crippen LogP contribution in [0, 0.1) is 0 Å². The lowest BCUT2D eigenvalue weighted by molar-refractivity contribution is 0.412. The van der Waals surface area contributed by atoms with Gasteiger partial charge in [0, 0.05) is 25.1 Å². The van der Waals surface area contributed by atoms with Crippen molar-refractivity contribution in [3.63, 3.8) is 0 Å². The molecule has 1 aromatic heterocycles. The zero-order valence-electron chi connectivity index (χ0n) is 5.00. The maximum Gasteiger partial charge on any atom is 0.128 e. The van der Waals surface area contributed by atoms with Gasteiger partial charge in [-0.05, 0) is 0 Å². The lowest BCUT2D eigenvalue weighted by Crippen LogP contribution is -2.16. The molecule has 1 radical (unpaired) electrons. The highest BCUT2D eigenvalue weighted by Crippen LogP contribution is 2.10. The monoisotopic (exact) mass is 123 g/mol. The average molecular weight is 123 g/mol. The molecule has 2 heterocycles. The molecule has 0 unspecified atom stereocenters. The summed E-state index contributed by atoms with van der Waals surface area (Å²) in [5.41, 5.74) is 2.24. The van der Waals surface area contributed by atoms with E-state index in [1.54, 1.807) is 6.26 Å². The number of aromatic nitrogens is 1. The Hall–Kier alpha value is -0.830. The molecule has 0 saturated heterocycles. The Morgan fingerprint density at radius 2 is 2.56 bits per heavy atom. The van der Waals surface area contributed by atoms with E-state index in [-0.39, 0.29) is 0 Å². The molecule has 9 heavy (non-hydrogen) atoms. The maximum atomic E-state index is 4.76. The van der Waals surface area contributed by atoms with E-state index in [1.165, 1.54) is 0 Å². The molecule has 2 rings (SSSR count). The van der Waals surface area contributed by atoms with Gasteiger partial charge in [-0.15, -0.1) is 0 Å². The molecule has 1 aliphatic heterocycles. The van der Waals surface area contributed by atoms with Gasteiger partial charge < -0.3 is 4.52 Å². The van der Waals surface area contributed by atoms with Crippen molar-refractivity contribution >= 4 is 0 Å². The van der Waals surface area contributed by atoms with E-state index in [0.29, 0.717) is 0 Å². The Bertz CT molecular complexity index is 186. The summed E-state index contributed by atoms with van der Waals surface area (Å²) < 4.78 is 4.76. The number of nitrogens with zero attached hydrogens (tertiary/aromatic N) is 2. The third-order valence-corrected chi connectivity index (χ3v) is 1.52. The topological polar surface area (TPSA) is 40.1 Å². The Kier molecular flexibility index (Phi) is 1.02. The first-order chi connectivity index (χ1) is 4.47. The van der Waals surface area contributed by atoms with E-state index >= 15 is 0 Å². The second-order valence-corrected chi connectivity index (χ2v) is 2.14. The van der Waals surface area contributed by atoms with Gasteiger partial charge >= 0.3 is 0 Å². The fourth-order valence-corrected chi connectivity index (χ4v) is 0.999.